The molecule has 1 fully saturated rings. The van der Waals surface area contributed by atoms with Crippen LogP contribution in [0.1, 0.15) is 98.0 Å². The van der Waals surface area contributed by atoms with Gasteiger partial charge in [-0.2, -0.15) is 0 Å². The van der Waals surface area contributed by atoms with Crippen molar-refractivity contribution in [2.24, 2.45) is 5.73 Å². The molecule has 2 amide bonds. The van der Waals surface area contributed by atoms with Gasteiger partial charge in [0.05, 0.1) is 0 Å². The van der Waals surface area contributed by atoms with Gasteiger partial charge in [-0.25, -0.2) is 0 Å². The highest BCUT2D eigenvalue weighted by atomic mass is 16.2. The molecule has 1 aromatic carbocycles. The van der Waals surface area contributed by atoms with Crippen LogP contribution in [-0.4, -0.2) is 41.2 Å². The summed E-state index contributed by atoms with van der Waals surface area (Å²) in [5.74, 6) is 1.37. The molecule has 0 unspecified atom stereocenters. The lowest BCUT2D eigenvalue weighted by Gasteiger charge is -2.43. The first-order valence-corrected chi connectivity index (χ1v) is 16.4. The van der Waals surface area contributed by atoms with Crippen molar-refractivity contribution >= 4 is 11.8 Å². The summed E-state index contributed by atoms with van der Waals surface area (Å²) in [5, 5.41) is 3.04. The van der Waals surface area contributed by atoms with Crippen LogP contribution in [0.15, 0.2) is 100 Å². The van der Waals surface area contributed by atoms with E-state index in [1.54, 1.807) is 0 Å². The Labute approximate surface area is 266 Å². The number of rotatable bonds is 12. The fraction of sp³-hybridized carbons (Fsp3) is 0.474. The highest BCUT2D eigenvalue weighted by Gasteiger charge is 2.34. The Hall–Kier alpha value is -3.64. The van der Waals surface area contributed by atoms with E-state index in [4.69, 9.17) is 5.73 Å². The first-order chi connectivity index (χ1) is 21.2. The van der Waals surface area contributed by atoms with Crippen LogP contribution in [0.3, 0.4) is 0 Å². The molecular weight excluding hydrogens is 544 g/mol. The topological polar surface area (TPSA) is 78.7 Å². The van der Waals surface area contributed by atoms with Gasteiger partial charge in [0.25, 0.3) is 5.91 Å². The second-order valence-corrected chi connectivity index (χ2v) is 12.0. The van der Waals surface area contributed by atoms with Gasteiger partial charge in [-0.15, -0.1) is 0 Å². The monoisotopic (exact) mass is 598 g/mol. The van der Waals surface area contributed by atoms with Crippen LogP contribution < -0.4 is 11.1 Å². The molecule has 1 aromatic rings. The van der Waals surface area contributed by atoms with Crippen molar-refractivity contribution in [2.45, 2.75) is 98.8 Å². The van der Waals surface area contributed by atoms with E-state index >= 15 is 0 Å². The summed E-state index contributed by atoms with van der Waals surface area (Å²) in [4.78, 5) is 29.2. The number of nitrogens with two attached hydrogens (primary N) is 1. The molecule has 0 bridgehead atoms. The molecule has 3 aliphatic rings. The van der Waals surface area contributed by atoms with E-state index < -0.39 is 0 Å². The summed E-state index contributed by atoms with van der Waals surface area (Å²) >= 11 is 0. The van der Waals surface area contributed by atoms with Crippen molar-refractivity contribution in [3.8, 4) is 0 Å². The summed E-state index contributed by atoms with van der Waals surface area (Å²) in [7, 11) is 0. The molecule has 0 aromatic heterocycles. The van der Waals surface area contributed by atoms with Crippen LogP contribution >= 0.6 is 0 Å². The molecule has 1 heterocycles. The maximum absolute atomic E-state index is 12.8. The first kappa shape index (κ1) is 34.8. The quantitative estimate of drug-likeness (QED) is 0.190. The zero-order valence-corrected chi connectivity index (χ0v) is 27.8. The first-order valence-electron chi connectivity index (χ1n) is 16.4. The van der Waals surface area contributed by atoms with Crippen LogP contribution in [0.4, 0.5) is 0 Å². The summed E-state index contributed by atoms with van der Waals surface area (Å²) in [6, 6.07) is 10.5. The number of hydrogen-bond acceptors (Lipinski definition) is 4. The molecule has 6 nitrogen and oxygen atoms in total. The van der Waals surface area contributed by atoms with Crippen LogP contribution in [0.25, 0.3) is 0 Å². The Bertz CT molecular complexity index is 1320. The number of carbonyl (C=O) groups is 2. The number of unbranched alkanes of at least 4 members (excludes halogenated alkanes) is 1. The van der Waals surface area contributed by atoms with Gasteiger partial charge in [-0.3, -0.25) is 14.5 Å². The molecule has 44 heavy (non-hydrogen) atoms. The van der Waals surface area contributed by atoms with E-state index in [9.17, 15) is 9.59 Å². The average Bonchev–Trinajstić information content (AvgIpc) is 2.99. The number of hydrogen-bond donors (Lipinski definition) is 2. The van der Waals surface area contributed by atoms with E-state index in [-0.39, 0.29) is 11.8 Å². The van der Waals surface area contributed by atoms with E-state index in [1.165, 1.54) is 28.7 Å². The Morgan fingerprint density at radius 2 is 1.77 bits per heavy atom. The fourth-order valence-electron chi connectivity index (χ4n) is 5.72. The highest BCUT2D eigenvalue weighted by Crippen LogP contribution is 2.37. The number of nitrogens with zero attached hydrogens (tertiary/aromatic N) is 2. The Morgan fingerprint density at radius 1 is 1.05 bits per heavy atom. The Kier molecular flexibility index (Phi) is 13.9. The van der Waals surface area contributed by atoms with Gasteiger partial charge in [0.15, 0.2) is 0 Å². The van der Waals surface area contributed by atoms with Crippen molar-refractivity contribution in [1.29, 1.82) is 0 Å². The predicted octanol–water partition coefficient (Wildman–Crippen LogP) is 7.83. The Balaban J connectivity index is 0.000000340. The highest BCUT2D eigenvalue weighted by molar-refractivity contribution is 5.96. The third-order valence-electron chi connectivity index (χ3n) is 8.80. The maximum Gasteiger partial charge on any atom is 0.256 e. The minimum Gasteiger partial charge on any atom is -0.331 e. The van der Waals surface area contributed by atoms with E-state index in [1.807, 2.05) is 17.9 Å². The molecule has 238 valence electrons. The minimum absolute atomic E-state index is 0.0854. The summed E-state index contributed by atoms with van der Waals surface area (Å²) in [6.45, 7) is 16.4. The van der Waals surface area contributed by atoms with Gasteiger partial charge in [-0.1, -0.05) is 60.2 Å². The number of nitrogens with one attached hydrogen (secondary N) is 1. The van der Waals surface area contributed by atoms with Crippen molar-refractivity contribution in [1.82, 2.24) is 15.1 Å². The third-order valence-corrected chi connectivity index (χ3v) is 8.80. The second-order valence-electron chi connectivity index (χ2n) is 12.0. The van der Waals surface area contributed by atoms with Gasteiger partial charge in [-0.05, 0) is 122 Å². The fourth-order valence-corrected chi connectivity index (χ4v) is 5.72. The Morgan fingerprint density at radius 3 is 2.32 bits per heavy atom. The molecule has 1 saturated carbocycles. The molecule has 0 saturated heterocycles. The predicted molar refractivity (Wildman–Crippen MR) is 183 cm³/mol. The van der Waals surface area contributed by atoms with Crippen molar-refractivity contribution in [3.63, 3.8) is 0 Å². The van der Waals surface area contributed by atoms with Crippen molar-refractivity contribution in [2.75, 3.05) is 19.6 Å². The lowest BCUT2D eigenvalue weighted by Crippen LogP contribution is -2.46. The number of likely N-dealkylation sites (N-methyl/N-ethyl adjacent to an activating group) is 1. The van der Waals surface area contributed by atoms with Crippen LogP contribution in [0.2, 0.25) is 0 Å². The summed E-state index contributed by atoms with van der Waals surface area (Å²) < 4.78 is 0. The molecular formula is C38H54N4O2. The van der Waals surface area contributed by atoms with Crippen LogP contribution in [0, 0.1) is 0 Å². The number of carbonyl (C=O) groups excluding carboxylic acids is 2. The number of amides is 2. The molecule has 0 radical (unpaired) electrons. The number of benzene rings is 1. The normalized spacial score (nSPS) is 17.0. The molecule has 1 aliphatic heterocycles. The molecule has 0 atom stereocenters. The van der Waals surface area contributed by atoms with E-state index in [0.29, 0.717) is 19.5 Å². The van der Waals surface area contributed by atoms with E-state index in [0.717, 1.165) is 86.3 Å². The smallest absolute Gasteiger partial charge is 0.256 e. The third kappa shape index (κ3) is 9.68. The molecule has 0 spiro atoms. The lowest BCUT2D eigenvalue weighted by atomic mass is 9.90. The average molecular weight is 599 g/mol. The minimum atomic E-state index is 0.0854. The molecule has 6 heteroatoms. The zero-order chi connectivity index (χ0) is 32.1. The van der Waals surface area contributed by atoms with Crippen LogP contribution in [-0.2, 0) is 16.0 Å². The zero-order valence-electron chi connectivity index (χ0n) is 27.8. The standard InChI is InChI=1S/C25H38N4O2.C13H16/c1-4-28-24(21-8-7-9-21)29(19(3)18(2)25(28)31)17-15-20-11-13-22(14-12-20)27-23(30)10-5-6-16-26;1-4-13(11(2)3)10-12-8-6-5-7-9-12/h11,13H,4-10,12,14-17,26H2,1-3H3,(H,27,30);4-9H,2,10H2,1,3H3/b;13-4-. The van der Waals surface area contributed by atoms with Gasteiger partial charge in [0, 0.05) is 36.5 Å². The van der Waals surface area contributed by atoms with Crippen molar-refractivity contribution in [3.05, 3.63) is 106 Å². The largest absolute Gasteiger partial charge is 0.331 e. The SMILES string of the molecule is C=C(C)/C(=C\C)Cc1ccccc1.CCN1C(=O)C(C)=C(C)N(CCC2=CC=C(NC(=O)CCCCN)CC2)C1=C1CCC1. The van der Waals surface area contributed by atoms with Crippen LogP contribution in [0.5, 0.6) is 0 Å². The van der Waals surface area contributed by atoms with Gasteiger partial charge >= 0.3 is 0 Å². The maximum atomic E-state index is 12.8. The van der Waals surface area contributed by atoms with Gasteiger partial charge < -0.3 is 16.0 Å². The lowest BCUT2D eigenvalue weighted by molar-refractivity contribution is -0.127. The molecule has 4 rings (SSSR count). The second kappa shape index (κ2) is 17.6. The molecule has 3 N–H and O–H groups in total. The summed E-state index contributed by atoms with van der Waals surface area (Å²) in [6.07, 6.45) is 15.8. The number of allylic oxidation sites excluding steroid dienone is 8. The molecule has 2 aliphatic carbocycles. The van der Waals surface area contributed by atoms with Gasteiger partial charge in [0.2, 0.25) is 5.91 Å². The summed E-state index contributed by atoms with van der Waals surface area (Å²) in [5.41, 5.74) is 15.1. The van der Waals surface area contributed by atoms with Gasteiger partial charge in [0.1, 0.15) is 5.82 Å². The van der Waals surface area contributed by atoms with E-state index in [2.05, 4.69) is 87.0 Å². The van der Waals surface area contributed by atoms with Crippen molar-refractivity contribution < 1.29 is 9.59 Å².